The van der Waals surface area contributed by atoms with Gasteiger partial charge in [0.05, 0.1) is 20.3 Å². The van der Waals surface area contributed by atoms with Gasteiger partial charge in [-0.2, -0.15) is 0 Å². The molecule has 0 aromatic heterocycles. The molecule has 0 atom stereocenters. The molecule has 0 unspecified atom stereocenters. The highest BCUT2D eigenvalue weighted by atomic mass is 15.1. The van der Waals surface area contributed by atoms with Crippen molar-refractivity contribution in [2.75, 3.05) is 34.7 Å². The second-order valence-electron chi connectivity index (χ2n) is 3.31. The quantitative estimate of drug-likeness (QED) is 0.565. The van der Waals surface area contributed by atoms with Gasteiger partial charge < -0.3 is 9.80 Å². The molecule has 0 saturated carbocycles. The van der Waals surface area contributed by atoms with Crippen LogP contribution in [0.15, 0.2) is 11.8 Å². The Morgan fingerprint density at radius 2 is 1.90 bits per heavy atom. The number of hydrogen-bond acceptors (Lipinski definition) is 1. The first-order valence-electron chi connectivity index (χ1n) is 3.64. The fraction of sp³-hybridized carbons (Fsp3) is 0.750. The van der Waals surface area contributed by atoms with E-state index in [-0.39, 0.29) is 0 Å². The molecule has 0 fully saturated rings. The van der Waals surface area contributed by atoms with Crippen LogP contribution in [0.5, 0.6) is 0 Å². The van der Waals surface area contributed by atoms with Crippen molar-refractivity contribution >= 4 is 0 Å². The van der Waals surface area contributed by atoms with E-state index in [2.05, 4.69) is 46.2 Å². The van der Waals surface area contributed by atoms with E-state index in [4.69, 9.17) is 0 Å². The molecular formula is C8H19N2+. The highest BCUT2D eigenvalue weighted by molar-refractivity contribution is 4.94. The zero-order chi connectivity index (χ0) is 8.15. The van der Waals surface area contributed by atoms with E-state index in [0.29, 0.717) is 0 Å². The molecule has 0 bridgehead atoms. The molecular weight excluding hydrogens is 124 g/mol. The predicted octanol–water partition coefficient (Wildman–Crippen LogP) is -0.404. The Morgan fingerprint density at radius 1 is 1.40 bits per heavy atom. The average Bonchev–Trinajstić information content (AvgIpc) is 1.58. The van der Waals surface area contributed by atoms with Gasteiger partial charge in [0.15, 0.2) is 0 Å². The zero-order valence-corrected chi connectivity index (χ0v) is 7.73. The molecule has 0 aromatic carbocycles. The van der Waals surface area contributed by atoms with Gasteiger partial charge in [0.2, 0.25) is 0 Å². The lowest BCUT2D eigenvalue weighted by atomic mass is 10.3. The first-order chi connectivity index (χ1) is 4.52. The monoisotopic (exact) mass is 143 g/mol. The van der Waals surface area contributed by atoms with Gasteiger partial charge in [-0.3, -0.25) is 0 Å². The summed E-state index contributed by atoms with van der Waals surface area (Å²) in [5.74, 6) is 0. The second-order valence-corrected chi connectivity index (χ2v) is 3.31. The van der Waals surface area contributed by atoms with E-state index in [0.717, 1.165) is 6.54 Å². The number of nitrogens with zero attached hydrogens (tertiary/aromatic N) is 1. The van der Waals surface area contributed by atoms with Crippen molar-refractivity contribution < 1.29 is 4.90 Å². The minimum Gasteiger partial charge on any atom is -0.314 e. The van der Waals surface area contributed by atoms with Crippen LogP contribution in [0, 0.1) is 0 Å². The molecule has 0 aliphatic heterocycles. The second kappa shape index (κ2) is 4.47. The Hall–Kier alpha value is -0.340. The SMILES string of the molecule is C/C(=C\[NH+](C)C)CN(C)C. The van der Waals surface area contributed by atoms with Crippen molar-refractivity contribution in [1.29, 1.82) is 0 Å². The molecule has 1 N–H and O–H groups in total. The molecule has 2 heteroatoms. The molecule has 0 amide bonds. The molecule has 2 nitrogen and oxygen atoms in total. The van der Waals surface area contributed by atoms with Crippen LogP contribution in [0.2, 0.25) is 0 Å². The number of nitrogens with one attached hydrogen (secondary N) is 1. The summed E-state index contributed by atoms with van der Waals surface area (Å²) in [5.41, 5.74) is 1.42. The molecule has 10 heavy (non-hydrogen) atoms. The van der Waals surface area contributed by atoms with Crippen LogP contribution in [0.1, 0.15) is 6.92 Å². The molecule has 0 heterocycles. The van der Waals surface area contributed by atoms with Crippen molar-refractivity contribution in [3.8, 4) is 0 Å². The summed E-state index contributed by atoms with van der Waals surface area (Å²) >= 11 is 0. The lowest BCUT2D eigenvalue weighted by molar-refractivity contribution is -0.802. The lowest BCUT2D eigenvalue weighted by Crippen LogP contribution is -3.00. The summed E-state index contributed by atoms with van der Waals surface area (Å²) in [6.45, 7) is 3.22. The Balaban J connectivity index is 3.71. The van der Waals surface area contributed by atoms with Gasteiger partial charge in [-0.1, -0.05) is 0 Å². The third-order valence-corrected chi connectivity index (χ3v) is 1.10. The number of quaternary nitrogens is 1. The van der Waals surface area contributed by atoms with Crippen LogP contribution in [0.25, 0.3) is 0 Å². The van der Waals surface area contributed by atoms with E-state index in [1.54, 1.807) is 0 Å². The fourth-order valence-corrected chi connectivity index (χ4v) is 1.04. The number of hydrogen-bond donors (Lipinski definition) is 1. The molecule has 0 aliphatic rings. The maximum absolute atomic E-state index is 2.22. The van der Waals surface area contributed by atoms with E-state index < -0.39 is 0 Å². The molecule has 0 radical (unpaired) electrons. The summed E-state index contributed by atoms with van der Waals surface area (Å²) in [5, 5.41) is 0. The van der Waals surface area contributed by atoms with Gasteiger partial charge in [0.1, 0.15) is 0 Å². The highest BCUT2D eigenvalue weighted by Crippen LogP contribution is 1.88. The Bertz CT molecular complexity index is 114. The van der Waals surface area contributed by atoms with Crippen LogP contribution in [0.4, 0.5) is 0 Å². The molecule has 0 saturated heterocycles. The van der Waals surface area contributed by atoms with Gasteiger partial charge >= 0.3 is 0 Å². The fourth-order valence-electron chi connectivity index (χ4n) is 1.04. The van der Waals surface area contributed by atoms with Crippen LogP contribution < -0.4 is 4.90 Å². The van der Waals surface area contributed by atoms with Crippen LogP contribution in [-0.4, -0.2) is 39.6 Å². The van der Waals surface area contributed by atoms with Gasteiger partial charge in [-0.15, -0.1) is 0 Å². The van der Waals surface area contributed by atoms with Crippen molar-refractivity contribution in [3.63, 3.8) is 0 Å². The summed E-state index contributed by atoms with van der Waals surface area (Å²) < 4.78 is 0. The van der Waals surface area contributed by atoms with Crippen LogP contribution in [-0.2, 0) is 0 Å². The summed E-state index contributed by atoms with van der Waals surface area (Å²) in [7, 11) is 8.42. The third kappa shape index (κ3) is 5.79. The van der Waals surface area contributed by atoms with E-state index in [1.165, 1.54) is 10.5 Å². The molecule has 0 rings (SSSR count). The van der Waals surface area contributed by atoms with E-state index in [1.807, 2.05) is 0 Å². The lowest BCUT2D eigenvalue weighted by Gasteiger charge is -2.09. The van der Waals surface area contributed by atoms with Crippen molar-refractivity contribution in [2.24, 2.45) is 0 Å². The smallest absolute Gasteiger partial charge is 0.0939 e. The van der Waals surface area contributed by atoms with Crippen molar-refractivity contribution in [2.45, 2.75) is 6.92 Å². The van der Waals surface area contributed by atoms with Gasteiger partial charge in [-0.25, -0.2) is 0 Å². The highest BCUT2D eigenvalue weighted by Gasteiger charge is 1.94. The first-order valence-corrected chi connectivity index (χ1v) is 3.64. The Kier molecular flexibility index (Phi) is 4.32. The summed E-state index contributed by atoms with van der Waals surface area (Å²) in [6.07, 6.45) is 2.22. The minimum atomic E-state index is 1.06. The Labute approximate surface area is 64.1 Å². The molecule has 60 valence electrons. The first kappa shape index (κ1) is 9.66. The molecule has 0 spiro atoms. The normalized spacial score (nSPS) is 13.3. The van der Waals surface area contributed by atoms with Crippen LogP contribution in [0.3, 0.4) is 0 Å². The standard InChI is InChI=1S/C8H18N2/c1-8(6-9(2)3)7-10(4)5/h6H,7H2,1-5H3/p+1/b8-6+. The summed E-state index contributed by atoms with van der Waals surface area (Å²) in [6, 6.07) is 0. The molecule has 0 aromatic rings. The Morgan fingerprint density at radius 3 is 2.20 bits per heavy atom. The topological polar surface area (TPSA) is 7.68 Å². The maximum atomic E-state index is 2.22. The summed E-state index contributed by atoms with van der Waals surface area (Å²) in [4.78, 5) is 3.55. The number of rotatable bonds is 3. The predicted molar refractivity (Wildman–Crippen MR) is 45.1 cm³/mol. The number of likely N-dealkylation sites (N-methyl/N-ethyl adjacent to an activating group) is 1. The van der Waals surface area contributed by atoms with Gasteiger partial charge in [-0.05, 0) is 26.6 Å². The maximum Gasteiger partial charge on any atom is 0.0939 e. The van der Waals surface area contributed by atoms with Gasteiger partial charge in [0.25, 0.3) is 0 Å². The minimum absolute atomic E-state index is 1.06. The van der Waals surface area contributed by atoms with Crippen LogP contribution >= 0.6 is 0 Å². The molecule has 0 aliphatic carbocycles. The largest absolute Gasteiger partial charge is 0.314 e. The van der Waals surface area contributed by atoms with Crippen molar-refractivity contribution in [1.82, 2.24) is 4.90 Å². The third-order valence-electron chi connectivity index (χ3n) is 1.10. The van der Waals surface area contributed by atoms with E-state index >= 15 is 0 Å². The zero-order valence-electron chi connectivity index (χ0n) is 7.73. The van der Waals surface area contributed by atoms with Gasteiger partial charge in [0, 0.05) is 6.54 Å². The van der Waals surface area contributed by atoms with E-state index in [9.17, 15) is 0 Å². The average molecular weight is 143 g/mol. The van der Waals surface area contributed by atoms with Crippen molar-refractivity contribution in [3.05, 3.63) is 11.8 Å².